The maximum atomic E-state index is 13.1. The second-order valence-corrected chi connectivity index (χ2v) is 7.49. The summed E-state index contributed by atoms with van der Waals surface area (Å²) in [6, 6.07) is 16.7. The summed E-state index contributed by atoms with van der Waals surface area (Å²) in [5.74, 6) is 0.0178. The highest BCUT2D eigenvalue weighted by atomic mass is 19.1. The first-order chi connectivity index (χ1) is 14.1. The van der Waals surface area contributed by atoms with E-state index in [2.05, 4.69) is 15.2 Å². The van der Waals surface area contributed by atoms with E-state index >= 15 is 0 Å². The Bertz CT molecular complexity index is 952. The third-order valence-electron chi connectivity index (χ3n) is 5.13. The Labute approximate surface area is 169 Å². The Balaban J connectivity index is 1.38. The molecule has 1 amide bonds. The molecule has 0 bridgehead atoms. The van der Waals surface area contributed by atoms with Crippen molar-refractivity contribution < 1.29 is 13.6 Å². The summed E-state index contributed by atoms with van der Waals surface area (Å²) in [6.07, 6.45) is 3.67. The highest BCUT2D eigenvalue weighted by molar-refractivity contribution is 5.92. The molecule has 1 atom stereocenters. The van der Waals surface area contributed by atoms with Crippen molar-refractivity contribution in [2.75, 3.05) is 0 Å². The summed E-state index contributed by atoms with van der Waals surface area (Å²) in [4.78, 5) is 19.2. The largest absolute Gasteiger partial charge is 0.447 e. The first-order valence-corrected chi connectivity index (χ1v) is 9.87. The van der Waals surface area contributed by atoms with Gasteiger partial charge in [-0.3, -0.25) is 9.69 Å². The lowest BCUT2D eigenvalue weighted by atomic mass is 10.1. The minimum Gasteiger partial charge on any atom is -0.447 e. The summed E-state index contributed by atoms with van der Waals surface area (Å²) in [5.41, 5.74) is 2.35. The molecule has 4 rings (SSSR count). The number of oxazole rings is 1. The molecule has 0 saturated heterocycles. The molecule has 0 radical (unpaired) electrons. The molecule has 5 nitrogen and oxygen atoms in total. The van der Waals surface area contributed by atoms with Crippen molar-refractivity contribution in [1.82, 2.24) is 15.2 Å². The summed E-state index contributed by atoms with van der Waals surface area (Å²) in [6.45, 7) is 3.15. The van der Waals surface area contributed by atoms with Crippen LogP contribution in [0.15, 0.2) is 65.3 Å². The first kappa shape index (κ1) is 19.3. The van der Waals surface area contributed by atoms with Gasteiger partial charge in [-0.15, -0.1) is 0 Å². The minimum absolute atomic E-state index is 0.120. The van der Waals surface area contributed by atoms with Gasteiger partial charge in [0.25, 0.3) is 5.91 Å². The Morgan fingerprint density at radius 2 is 1.90 bits per heavy atom. The van der Waals surface area contributed by atoms with Gasteiger partial charge in [0.15, 0.2) is 5.69 Å². The number of carbonyl (C=O) groups is 1. The quantitative estimate of drug-likeness (QED) is 0.613. The molecule has 0 spiro atoms. The molecule has 1 fully saturated rings. The molecule has 1 heterocycles. The van der Waals surface area contributed by atoms with Crippen molar-refractivity contribution >= 4 is 5.91 Å². The molecule has 1 aliphatic carbocycles. The van der Waals surface area contributed by atoms with Crippen LogP contribution >= 0.6 is 0 Å². The molecule has 29 heavy (non-hydrogen) atoms. The van der Waals surface area contributed by atoms with Crippen LogP contribution in [-0.2, 0) is 13.1 Å². The van der Waals surface area contributed by atoms with Crippen molar-refractivity contribution in [3.05, 3.63) is 89.4 Å². The number of aromatic nitrogens is 1. The van der Waals surface area contributed by atoms with E-state index in [-0.39, 0.29) is 23.5 Å². The van der Waals surface area contributed by atoms with Crippen molar-refractivity contribution in [2.24, 2.45) is 0 Å². The predicted molar refractivity (Wildman–Crippen MR) is 107 cm³/mol. The molecule has 1 aromatic heterocycles. The van der Waals surface area contributed by atoms with Gasteiger partial charge in [0.1, 0.15) is 12.1 Å². The number of carbonyl (C=O) groups excluding carboxylic acids is 1. The molecule has 1 aliphatic rings. The second kappa shape index (κ2) is 8.57. The number of rotatable bonds is 8. The summed E-state index contributed by atoms with van der Waals surface area (Å²) >= 11 is 0. The van der Waals surface area contributed by atoms with Crippen molar-refractivity contribution in [3.8, 4) is 0 Å². The van der Waals surface area contributed by atoms with Crippen LogP contribution in [0.3, 0.4) is 0 Å². The number of hydrogen-bond donors (Lipinski definition) is 1. The lowest BCUT2D eigenvalue weighted by Crippen LogP contribution is -2.27. The highest BCUT2D eigenvalue weighted by Crippen LogP contribution is 2.29. The standard InChI is InChI=1S/C23H24FN3O2/c1-16(18-5-3-2-4-6-18)25-23(28)21-15-29-22(26-21)14-27(20-11-12-20)13-17-7-9-19(24)10-8-17/h2-10,15-16,20H,11-14H2,1H3,(H,25,28). The number of amides is 1. The Morgan fingerprint density at radius 1 is 1.17 bits per heavy atom. The van der Waals surface area contributed by atoms with Crippen LogP contribution in [0.1, 0.15) is 53.3 Å². The smallest absolute Gasteiger partial charge is 0.273 e. The number of nitrogens with zero attached hydrogens (tertiary/aromatic N) is 2. The fourth-order valence-corrected chi connectivity index (χ4v) is 3.34. The third-order valence-corrected chi connectivity index (χ3v) is 5.13. The van der Waals surface area contributed by atoms with Crippen LogP contribution in [0, 0.1) is 5.82 Å². The average molecular weight is 393 g/mol. The third kappa shape index (κ3) is 5.09. The molecular formula is C23H24FN3O2. The monoisotopic (exact) mass is 393 g/mol. The van der Waals surface area contributed by atoms with Gasteiger partial charge in [-0.2, -0.15) is 0 Å². The number of hydrogen-bond acceptors (Lipinski definition) is 4. The molecule has 1 unspecified atom stereocenters. The van der Waals surface area contributed by atoms with Crippen LogP contribution in [0.5, 0.6) is 0 Å². The predicted octanol–water partition coefficient (Wildman–Crippen LogP) is 4.47. The maximum absolute atomic E-state index is 13.1. The van der Waals surface area contributed by atoms with E-state index in [0.717, 1.165) is 24.0 Å². The molecule has 0 aliphatic heterocycles. The van der Waals surface area contributed by atoms with E-state index in [0.29, 0.717) is 25.0 Å². The van der Waals surface area contributed by atoms with Gasteiger partial charge in [-0.1, -0.05) is 42.5 Å². The van der Waals surface area contributed by atoms with Gasteiger partial charge in [0.05, 0.1) is 12.6 Å². The van der Waals surface area contributed by atoms with Crippen LogP contribution in [0.25, 0.3) is 0 Å². The molecule has 1 saturated carbocycles. The zero-order chi connectivity index (χ0) is 20.2. The van der Waals surface area contributed by atoms with Crippen molar-refractivity contribution in [3.63, 3.8) is 0 Å². The zero-order valence-corrected chi connectivity index (χ0v) is 16.3. The fraction of sp³-hybridized carbons (Fsp3) is 0.304. The van der Waals surface area contributed by atoms with Gasteiger partial charge in [-0.05, 0) is 43.0 Å². The Hall–Kier alpha value is -2.99. The van der Waals surface area contributed by atoms with Gasteiger partial charge in [0, 0.05) is 12.6 Å². The van der Waals surface area contributed by atoms with Gasteiger partial charge in [0.2, 0.25) is 5.89 Å². The molecular weight excluding hydrogens is 369 g/mol. The SMILES string of the molecule is CC(NC(=O)c1coc(CN(Cc2ccc(F)cc2)C2CC2)n1)c1ccccc1. The van der Waals surface area contributed by atoms with E-state index in [4.69, 9.17) is 4.42 Å². The van der Waals surface area contributed by atoms with E-state index in [1.165, 1.54) is 18.4 Å². The highest BCUT2D eigenvalue weighted by Gasteiger charge is 2.30. The normalized spacial score (nSPS) is 14.7. The molecule has 150 valence electrons. The lowest BCUT2D eigenvalue weighted by Gasteiger charge is -2.20. The Morgan fingerprint density at radius 3 is 2.59 bits per heavy atom. The summed E-state index contributed by atoms with van der Waals surface area (Å²) < 4.78 is 18.7. The molecule has 1 N–H and O–H groups in total. The van der Waals surface area contributed by atoms with E-state index < -0.39 is 0 Å². The van der Waals surface area contributed by atoms with Gasteiger partial charge >= 0.3 is 0 Å². The van der Waals surface area contributed by atoms with E-state index in [9.17, 15) is 9.18 Å². The van der Waals surface area contributed by atoms with Crippen molar-refractivity contribution in [1.29, 1.82) is 0 Å². The minimum atomic E-state index is -0.257. The Kier molecular flexibility index (Phi) is 5.71. The maximum Gasteiger partial charge on any atom is 0.273 e. The number of benzene rings is 2. The second-order valence-electron chi connectivity index (χ2n) is 7.49. The van der Waals surface area contributed by atoms with Gasteiger partial charge in [-0.25, -0.2) is 9.37 Å². The van der Waals surface area contributed by atoms with Crippen LogP contribution in [0.2, 0.25) is 0 Å². The van der Waals surface area contributed by atoms with Crippen molar-refractivity contribution in [2.45, 2.75) is 44.9 Å². The van der Waals surface area contributed by atoms with Crippen LogP contribution < -0.4 is 5.32 Å². The number of nitrogens with one attached hydrogen (secondary N) is 1. The average Bonchev–Trinajstić information content (AvgIpc) is 3.48. The molecule has 2 aromatic carbocycles. The first-order valence-electron chi connectivity index (χ1n) is 9.87. The van der Waals surface area contributed by atoms with Gasteiger partial charge < -0.3 is 9.73 Å². The number of halogens is 1. The lowest BCUT2D eigenvalue weighted by molar-refractivity contribution is 0.0934. The fourth-order valence-electron chi connectivity index (χ4n) is 3.34. The van der Waals surface area contributed by atoms with Crippen LogP contribution in [0.4, 0.5) is 4.39 Å². The molecule has 3 aromatic rings. The summed E-state index contributed by atoms with van der Waals surface area (Å²) in [5, 5.41) is 2.95. The summed E-state index contributed by atoms with van der Waals surface area (Å²) in [7, 11) is 0. The molecule has 6 heteroatoms. The van der Waals surface area contributed by atoms with E-state index in [1.54, 1.807) is 12.1 Å². The van der Waals surface area contributed by atoms with E-state index in [1.807, 2.05) is 37.3 Å². The zero-order valence-electron chi connectivity index (χ0n) is 16.3. The van der Waals surface area contributed by atoms with Crippen LogP contribution in [-0.4, -0.2) is 21.8 Å². The topological polar surface area (TPSA) is 58.4 Å².